The van der Waals surface area contributed by atoms with Crippen LogP contribution >= 0.6 is 0 Å². The van der Waals surface area contributed by atoms with Gasteiger partial charge in [-0.05, 0) is 0 Å². The molecule has 0 unspecified atom stereocenters. The Morgan fingerprint density at radius 3 is 0.241 bits per heavy atom. The summed E-state index contributed by atoms with van der Waals surface area (Å²) in [4.78, 5) is 0. The zero-order valence-corrected chi connectivity index (χ0v) is 29.7. The Morgan fingerprint density at radius 2 is 0.241 bits per heavy atom. The number of nitrogens with zero attached hydrogens (tertiary/aromatic N) is 12. The second kappa shape index (κ2) is 146000. The Morgan fingerprint density at radius 1 is 0.241 bits per heavy atom. The van der Waals surface area contributed by atoms with E-state index in [1.54, 1.807) is 0 Å². The van der Waals surface area contributed by atoms with E-state index < -0.39 is 0 Å². The van der Waals surface area contributed by atoms with Crippen molar-refractivity contribution in [3.8, 4) is 0 Å². The van der Waals surface area contributed by atoms with Gasteiger partial charge in [0, 0.05) is 0 Å². The van der Waals surface area contributed by atoms with Crippen LogP contribution < -0.4 is 0 Å². The predicted molar refractivity (Wildman–Crippen MR) is 76.9 cm³/mol. The van der Waals surface area contributed by atoms with Crippen molar-refractivity contribution in [2.45, 2.75) is 0 Å². The molecule has 29 heavy (non-hydrogen) atoms. The van der Waals surface area contributed by atoms with Gasteiger partial charge < -0.3 is 142 Å². The van der Waals surface area contributed by atoms with Crippen molar-refractivity contribution in [1.29, 1.82) is 63.1 Å². The molecule has 140 valence electrons. The van der Waals surface area contributed by atoms with E-state index in [4.69, 9.17) is 142 Å². The van der Waals surface area contributed by atoms with Crippen LogP contribution in [0, 0.1) is 142 Å². The fraction of sp³-hybridized carbons (Fsp3) is 0. The van der Waals surface area contributed by atoms with Crippen LogP contribution in [0.3, 0.4) is 0 Å². The fourth-order valence-corrected chi connectivity index (χ4v) is 0. The second-order valence-electron chi connectivity index (χ2n) is 0. The molecule has 0 fully saturated rings. The van der Waals surface area contributed by atoms with Crippen molar-refractivity contribution >= 4 is 134 Å². The van der Waals surface area contributed by atoms with Gasteiger partial charge in [-0.15, -0.1) is 0 Å². The summed E-state index contributed by atoms with van der Waals surface area (Å²) in [5, 5.41) is 75.0. The topological polar surface area (TPSA) is 285 Å². The molecule has 0 aromatic heterocycles. The first-order chi connectivity index (χ1) is 14.0. The van der Waals surface area contributed by atoms with Gasteiger partial charge in [-0.2, -0.15) is 0 Å². The molecule has 0 bridgehead atoms. The van der Waals surface area contributed by atoms with Crippen LogP contribution in [0.15, 0.2) is 0 Å². The molecule has 0 aliphatic heterocycles. The molecule has 17 heteroatoms. The van der Waals surface area contributed by atoms with Crippen molar-refractivity contribution < 1.29 is 13.2 Å². The molecule has 0 spiro atoms. The summed E-state index contributed by atoms with van der Waals surface area (Å²) < 4.78 is 0. The van der Waals surface area contributed by atoms with E-state index in [0.29, 0.717) is 0 Å². The van der Waals surface area contributed by atoms with Crippen molar-refractivity contribution in [2.75, 3.05) is 0 Å². The molecular formula is C12Ba3Fe2N12-10. The molecule has 0 atom stereocenters. The summed E-state index contributed by atoms with van der Waals surface area (Å²) in [6, 6.07) is 0. The normalized spacial score (nSPS) is 1.31. The van der Waals surface area contributed by atoms with Gasteiger partial charge in [-0.3, -0.25) is 0 Å². The Bertz CT molecular complexity index is 259. The van der Waals surface area contributed by atoms with Gasteiger partial charge in [0.05, 0.1) is 0 Å². The molecule has 0 N–H and O–H groups in total. The standard InChI is InChI=1S/12CN.3Ba.2Fe/c12*1-2;;;;;/q12*-1;;;+2;;. The van der Waals surface area contributed by atoms with Gasteiger partial charge in [-0.25, -0.2) is 0 Å². The van der Waals surface area contributed by atoms with Gasteiger partial charge in [-0.1, -0.05) is 0 Å². The Labute approximate surface area is 281 Å². The van der Waals surface area contributed by atoms with E-state index in [0.717, 1.165) is 84.7 Å². The number of rotatable bonds is 0. The fourth-order valence-electron chi connectivity index (χ4n) is 0. The second-order valence-corrected chi connectivity index (χ2v) is 0. The zero-order valence-electron chi connectivity index (χ0n) is 14.2. The summed E-state index contributed by atoms with van der Waals surface area (Å²) in [5.74, 6) is 0. The van der Waals surface area contributed by atoms with Gasteiger partial charge in [0.25, 0.3) is 0 Å². The Balaban J connectivity index is -0.00000000558. The first-order valence-corrected chi connectivity index (χ1v) is 17.7. The molecular weight excluding hydrogens is 836 g/mol. The predicted octanol–water partition coefficient (Wildman–Crippen LogP) is 0.00904. The summed E-state index contributed by atoms with van der Waals surface area (Å²) in [6.45, 7) is 63.9. The van der Waals surface area contributed by atoms with E-state index >= 15 is 0 Å². The van der Waals surface area contributed by atoms with Crippen LogP contribution in [-0.4, -0.2) is 134 Å². The van der Waals surface area contributed by atoms with E-state index in [1.807, 2.05) is 0 Å². The molecule has 0 amide bonds. The number of hydrogen-bond acceptors (Lipinski definition) is 12. The van der Waals surface area contributed by atoms with Crippen molar-refractivity contribution in [2.24, 2.45) is 0 Å². The van der Waals surface area contributed by atoms with Gasteiger partial charge in [0.15, 0.2) is 0 Å². The van der Waals surface area contributed by atoms with E-state index in [1.165, 1.54) is 0 Å². The van der Waals surface area contributed by atoms with Crippen molar-refractivity contribution in [3.63, 3.8) is 0 Å². The summed E-state index contributed by atoms with van der Waals surface area (Å²) in [6.07, 6.45) is 0. The number of hydrogen-bond donors (Lipinski definition) is 0. The van der Waals surface area contributed by atoms with Crippen LogP contribution in [-0.2, 0) is 13.2 Å². The third kappa shape index (κ3) is 135000. The van der Waals surface area contributed by atoms with E-state index in [-0.39, 0.29) is 48.9 Å². The summed E-state index contributed by atoms with van der Waals surface area (Å²) in [5.41, 5.74) is 0. The SMILES string of the molecule is [Ba+2].[C-]#N.[C-]#N.[C-]#N.[C-]#N.[C-]#N.[C-]#N.[C-]#N.[C-]#N.[C-]#N.[C-]#N.[C-]#N.[C-]#N.[Fe]=[Ba].[Fe]=[Ba]. The monoisotopic (exact) mass is 838 g/mol. The van der Waals surface area contributed by atoms with Gasteiger partial charge in [0.2, 0.25) is 0 Å². The Kier molecular flexibility index (Phi) is 591000. The molecule has 0 saturated heterocycles. The van der Waals surface area contributed by atoms with Crippen molar-refractivity contribution in [1.82, 2.24) is 0 Å². The van der Waals surface area contributed by atoms with Gasteiger partial charge >= 0.3 is 147 Å². The molecule has 0 radical (unpaired) electrons. The molecule has 0 aliphatic rings. The van der Waals surface area contributed by atoms with Crippen LogP contribution in [0.25, 0.3) is 0 Å². The molecule has 0 aromatic rings. The van der Waals surface area contributed by atoms with Crippen LogP contribution in [0.2, 0.25) is 0 Å². The average Bonchev–Trinajstić information content (AvgIpc) is 2.95. The van der Waals surface area contributed by atoms with E-state index in [2.05, 4.69) is 13.2 Å². The Hall–Kier alpha value is -0.367. The molecule has 0 aliphatic carbocycles. The quantitative estimate of drug-likeness (QED) is 0.230. The minimum absolute atomic E-state index is 0. The first-order valence-electron chi connectivity index (χ1n) is 3.18. The molecule has 0 saturated carbocycles. The third-order valence-electron chi connectivity index (χ3n) is 0. The van der Waals surface area contributed by atoms with Crippen LogP contribution in [0.4, 0.5) is 0 Å². The molecule has 0 rings (SSSR count). The zero-order chi connectivity index (χ0) is 28.0. The first kappa shape index (κ1) is 118. The molecule has 0 heterocycles. The molecule has 0 aromatic carbocycles. The maximum absolute atomic E-state index is 6.25. The molecule has 12 nitrogen and oxygen atoms in total. The van der Waals surface area contributed by atoms with Crippen LogP contribution in [0.1, 0.15) is 0 Å². The van der Waals surface area contributed by atoms with Crippen molar-refractivity contribution in [3.05, 3.63) is 78.9 Å². The third-order valence-corrected chi connectivity index (χ3v) is 0. The average molecular weight is 836 g/mol. The van der Waals surface area contributed by atoms with Crippen LogP contribution in [0.5, 0.6) is 0 Å². The van der Waals surface area contributed by atoms with E-state index in [9.17, 15) is 0 Å². The summed E-state index contributed by atoms with van der Waals surface area (Å²) in [7, 11) is 0. The maximum atomic E-state index is 6.25. The van der Waals surface area contributed by atoms with Gasteiger partial charge in [0.1, 0.15) is 0 Å². The summed E-state index contributed by atoms with van der Waals surface area (Å²) >= 11 is 1.56. The minimum atomic E-state index is 0.